The van der Waals surface area contributed by atoms with Crippen molar-refractivity contribution in [1.29, 1.82) is 0 Å². The van der Waals surface area contributed by atoms with Crippen LogP contribution >= 0.6 is 0 Å². The molecule has 0 radical (unpaired) electrons. The molecule has 1 saturated heterocycles. The van der Waals surface area contributed by atoms with E-state index in [9.17, 15) is 0 Å². The second-order valence-electron chi connectivity index (χ2n) is 6.82. The van der Waals surface area contributed by atoms with E-state index in [1.165, 1.54) is 6.42 Å². The maximum Gasteiger partial charge on any atom is 0.244 e. The summed E-state index contributed by atoms with van der Waals surface area (Å²) in [5, 5.41) is 7.47. The molecule has 2 aromatic rings. The van der Waals surface area contributed by atoms with Crippen LogP contribution in [0.2, 0.25) is 0 Å². The Balaban J connectivity index is 1.77. The first kappa shape index (κ1) is 17.8. The van der Waals surface area contributed by atoms with Crippen LogP contribution < -0.4 is 5.32 Å². The van der Waals surface area contributed by atoms with Crippen LogP contribution in [0.1, 0.15) is 38.6 Å². The fraction of sp³-hybridized carbons (Fsp3) is 0.611. The lowest BCUT2D eigenvalue weighted by Crippen LogP contribution is -2.27. The van der Waals surface area contributed by atoms with Crippen LogP contribution in [0.15, 0.2) is 22.9 Å². The quantitative estimate of drug-likeness (QED) is 0.737. The van der Waals surface area contributed by atoms with Gasteiger partial charge in [-0.1, -0.05) is 19.0 Å². The van der Waals surface area contributed by atoms with Gasteiger partial charge in [-0.15, -0.1) is 0 Å². The minimum Gasteiger partial charge on any atom is -0.383 e. The molecule has 1 N–H and O–H groups in total. The minimum absolute atomic E-state index is 0.227. The zero-order valence-corrected chi connectivity index (χ0v) is 15.2. The molecule has 1 fully saturated rings. The first-order chi connectivity index (χ1) is 12.2. The lowest BCUT2D eigenvalue weighted by Gasteiger charge is -2.23. The maximum atomic E-state index is 5.61. The molecule has 0 bridgehead atoms. The van der Waals surface area contributed by atoms with E-state index in [1.54, 1.807) is 13.3 Å². The van der Waals surface area contributed by atoms with Gasteiger partial charge in [0.05, 0.1) is 18.2 Å². The number of hydrogen-bond acceptors (Lipinski definition) is 7. The molecule has 1 aliphatic rings. The van der Waals surface area contributed by atoms with Crippen LogP contribution in [-0.2, 0) is 4.74 Å². The van der Waals surface area contributed by atoms with E-state index in [0.717, 1.165) is 30.9 Å². The number of hydrogen-bond donors (Lipinski definition) is 1. The van der Waals surface area contributed by atoms with Gasteiger partial charge < -0.3 is 14.6 Å². The van der Waals surface area contributed by atoms with Crippen molar-refractivity contribution in [1.82, 2.24) is 20.0 Å². The third kappa shape index (κ3) is 4.35. The predicted molar refractivity (Wildman–Crippen MR) is 96.3 cm³/mol. The third-order valence-corrected chi connectivity index (χ3v) is 4.34. The molecular formula is C18H27N5O2. The van der Waals surface area contributed by atoms with Crippen molar-refractivity contribution >= 4 is 5.82 Å². The first-order valence-electron chi connectivity index (χ1n) is 8.95. The monoisotopic (exact) mass is 345 g/mol. The Morgan fingerprint density at radius 1 is 1.44 bits per heavy atom. The van der Waals surface area contributed by atoms with Crippen molar-refractivity contribution in [2.45, 2.75) is 32.7 Å². The Morgan fingerprint density at radius 2 is 2.32 bits per heavy atom. The standard InChI is InChI=1S/C18H27N5O2/c1-13(2)12-23-10-5-7-15(23)18-21-17(22-25-18)14-6-4-8-19-16(14)20-9-11-24-3/h4,6,8,13,15H,5,7,9-12H2,1-3H3,(H,19,20). The van der Waals surface area contributed by atoms with Crippen molar-refractivity contribution in [3.05, 3.63) is 24.2 Å². The molecule has 3 heterocycles. The maximum absolute atomic E-state index is 5.61. The molecule has 0 aliphatic carbocycles. The summed E-state index contributed by atoms with van der Waals surface area (Å²) in [4.78, 5) is 11.5. The molecule has 0 aromatic carbocycles. The van der Waals surface area contributed by atoms with Crippen molar-refractivity contribution < 1.29 is 9.26 Å². The molecule has 136 valence electrons. The Labute approximate surface area is 148 Å². The van der Waals surface area contributed by atoms with Crippen LogP contribution in [-0.4, -0.2) is 53.4 Å². The smallest absolute Gasteiger partial charge is 0.244 e. The summed E-state index contributed by atoms with van der Waals surface area (Å²) < 4.78 is 10.7. The molecule has 1 aliphatic heterocycles. The minimum atomic E-state index is 0.227. The van der Waals surface area contributed by atoms with Gasteiger partial charge in [0.15, 0.2) is 0 Å². The van der Waals surface area contributed by atoms with Gasteiger partial charge in [-0.05, 0) is 37.4 Å². The SMILES string of the molecule is COCCNc1ncccc1-c1noc(C2CCCN2CC(C)C)n1. The number of likely N-dealkylation sites (tertiary alicyclic amines) is 1. The zero-order chi connectivity index (χ0) is 17.6. The molecule has 1 unspecified atom stereocenters. The molecular weight excluding hydrogens is 318 g/mol. The van der Waals surface area contributed by atoms with Crippen molar-refractivity contribution in [2.75, 3.05) is 38.7 Å². The first-order valence-corrected chi connectivity index (χ1v) is 8.95. The van der Waals surface area contributed by atoms with Gasteiger partial charge in [0, 0.05) is 26.4 Å². The van der Waals surface area contributed by atoms with E-state index in [1.807, 2.05) is 12.1 Å². The Bertz CT molecular complexity index is 673. The summed E-state index contributed by atoms with van der Waals surface area (Å²) in [6, 6.07) is 4.07. The number of aromatic nitrogens is 3. The topological polar surface area (TPSA) is 76.3 Å². The molecule has 3 rings (SSSR count). The summed E-state index contributed by atoms with van der Waals surface area (Å²) in [6.45, 7) is 7.91. The highest BCUT2D eigenvalue weighted by Crippen LogP contribution is 2.33. The molecule has 0 spiro atoms. The molecule has 0 amide bonds. The van der Waals surface area contributed by atoms with E-state index in [0.29, 0.717) is 30.8 Å². The lowest BCUT2D eigenvalue weighted by atomic mass is 10.1. The fourth-order valence-electron chi connectivity index (χ4n) is 3.27. The third-order valence-electron chi connectivity index (χ3n) is 4.34. The highest BCUT2D eigenvalue weighted by Gasteiger charge is 2.31. The number of nitrogens with zero attached hydrogens (tertiary/aromatic N) is 4. The van der Waals surface area contributed by atoms with Gasteiger partial charge in [-0.3, -0.25) is 4.90 Å². The van der Waals surface area contributed by atoms with Crippen LogP contribution in [0.4, 0.5) is 5.82 Å². The van der Waals surface area contributed by atoms with Crippen LogP contribution in [0, 0.1) is 5.92 Å². The number of pyridine rings is 1. The van der Waals surface area contributed by atoms with Gasteiger partial charge in [-0.25, -0.2) is 4.98 Å². The van der Waals surface area contributed by atoms with Crippen LogP contribution in [0.3, 0.4) is 0 Å². The van der Waals surface area contributed by atoms with Crippen molar-refractivity contribution in [3.63, 3.8) is 0 Å². The van der Waals surface area contributed by atoms with E-state index >= 15 is 0 Å². The molecule has 1 atom stereocenters. The molecule has 7 nitrogen and oxygen atoms in total. The summed E-state index contributed by atoms with van der Waals surface area (Å²) in [5.41, 5.74) is 0.849. The summed E-state index contributed by atoms with van der Waals surface area (Å²) in [7, 11) is 1.68. The fourth-order valence-corrected chi connectivity index (χ4v) is 3.27. The molecule has 2 aromatic heterocycles. The lowest BCUT2D eigenvalue weighted by molar-refractivity contribution is 0.189. The van der Waals surface area contributed by atoms with Crippen molar-refractivity contribution in [3.8, 4) is 11.4 Å². The predicted octanol–water partition coefficient (Wildman–Crippen LogP) is 2.98. The highest BCUT2D eigenvalue weighted by atomic mass is 16.5. The van der Waals surface area contributed by atoms with E-state index in [4.69, 9.17) is 9.26 Å². The average Bonchev–Trinajstić information content (AvgIpc) is 3.24. The van der Waals surface area contributed by atoms with E-state index in [-0.39, 0.29) is 6.04 Å². The van der Waals surface area contributed by atoms with Gasteiger partial charge in [-0.2, -0.15) is 4.98 Å². The van der Waals surface area contributed by atoms with Gasteiger partial charge in [0.2, 0.25) is 11.7 Å². The van der Waals surface area contributed by atoms with Crippen LogP contribution in [0.5, 0.6) is 0 Å². The average molecular weight is 345 g/mol. The number of nitrogens with one attached hydrogen (secondary N) is 1. The summed E-state index contributed by atoms with van der Waals surface area (Å²) in [6.07, 6.45) is 3.99. The normalized spacial score (nSPS) is 18.2. The van der Waals surface area contributed by atoms with E-state index in [2.05, 4.69) is 39.2 Å². The van der Waals surface area contributed by atoms with Crippen LogP contribution in [0.25, 0.3) is 11.4 Å². The number of rotatable bonds is 8. The van der Waals surface area contributed by atoms with Crippen molar-refractivity contribution in [2.24, 2.45) is 5.92 Å². The molecule has 7 heteroatoms. The summed E-state index contributed by atoms with van der Waals surface area (Å²) >= 11 is 0. The largest absolute Gasteiger partial charge is 0.383 e. The zero-order valence-electron chi connectivity index (χ0n) is 15.2. The van der Waals surface area contributed by atoms with Gasteiger partial charge in [0.1, 0.15) is 5.82 Å². The number of ether oxygens (including phenoxy) is 1. The number of anilines is 1. The second kappa shape index (κ2) is 8.40. The highest BCUT2D eigenvalue weighted by molar-refractivity contribution is 5.69. The molecule has 0 saturated carbocycles. The number of methoxy groups -OCH3 is 1. The van der Waals surface area contributed by atoms with Gasteiger partial charge >= 0.3 is 0 Å². The Hall–Kier alpha value is -1.99. The second-order valence-corrected chi connectivity index (χ2v) is 6.82. The van der Waals surface area contributed by atoms with Gasteiger partial charge in [0.25, 0.3) is 0 Å². The summed E-state index contributed by atoms with van der Waals surface area (Å²) in [5.74, 6) is 2.66. The Kier molecular flexibility index (Phi) is 5.99. The molecule has 25 heavy (non-hydrogen) atoms. The Morgan fingerprint density at radius 3 is 3.12 bits per heavy atom. The van der Waals surface area contributed by atoms with E-state index < -0.39 is 0 Å².